The predicted octanol–water partition coefficient (Wildman–Crippen LogP) is 5.12. The van der Waals surface area contributed by atoms with Gasteiger partial charge >= 0.3 is 0 Å². The second-order valence-electron chi connectivity index (χ2n) is 6.89. The standard InChI is InChI=1S/C20H18BrNO2/c1-10-7-13-14(9-16(10)24-4)20(2,3)19-17(18(13)23)12-6-5-11(21)8-15(12)22-19/h5-9,22H,1-4H3. The zero-order valence-electron chi connectivity index (χ0n) is 14.1. The fraction of sp³-hybridized carbons (Fsp3) is 0.250. The number of ketones is 1. The number of carbonyl (C=O) groups excluding carboxylic acids is 1. The average molecular weight is 384 g/mol. The lowest BCUT2D eigenvalue weighted by Gasteiger charge is -2.32. The SMILES string of the molecule is COc1cc2c(cc1C)C(=O)c1c([nH]c3cc(Br)ccc13)C2(C)C. The van der Waals surface area contributed by atoms with Crippen LogP contribution in [0.3, 0.4) is 0 Å². The van der Waals surface area contributed by atoms with Crippen LogP contribution in [0.25, 0.3) is 10.9 Å². The quantitative estimate of drug-likeness (QED) is 0.633. The van der Waals surface area contributed by atoms with Gasteiger partial charge in [0.1, 0.15) is 5.75 Å². The number of benzene rings is 2. The molecule has 0 atom stereocenters. The summed E-state index contributed by atoms with van der Waals surface area (Å²) < 4.78 is 6.47. The molecule has 3 nitrogen and oxygen atoms in total. The van der Waals surface area contributed by atoms with Gasteiger partial charge in [-0.05, 0) is 42.3 Å². The molecule has 24 heavy (non-hydrogen) atoms. The molecule has 0 fully saturated rings. The first-order chi connectivity index (χ1) is 11.3. The molecule has 122 valence electrons. The average Bonchev–Trinajstić information content (AvgIpc) is 2.92. The highest BCUT2D eigenvalue weighted by Gasteiger charge is 2.40. The maximum absolute atomic E-state index is 13.2. The Bertz CT molecular complexity index is 1010. The van der Waals surface area contributed by atoms with Crippen molar-refractivity contribution in [3.8, 4) is 5.75 Å². The summed E-state index contributed by atoms with van der Waals surface area (Å²) in [7, 11) is 1.66. The number of rotatable bonds is 1. The van der Waals surface area contributed by atoms with Crippen LogP contribution < -0.4 is 4.74 Å². The lowest BCUT2D eigenvalue weighted by Crippen LogP contribution is -2.30. The number of nitrogens with one attached hydrogen (secondary N) is 1. The van der Waals surface area contributed by atoms with Crippen molar-refractivity contribution in [3.05, 3.63) is 62.8 Å². The highest BCUT2D eigenvalue weighted by molar-refractivity contribution is 9.10. The third kappa shape index (κ3) is 1.92. The largest absolute Gasteiger partial charge is 0.496 e. The first kappa shape index (κ1) is 15.5. The highest BCUT2D eigenvalue weighted by Crippen LogP contribution is 2.45. The molecule has 0 amide bonds. The van der Waals surface area contributed by atoms with Gasteiger partial charge in [0, 0.05) is 32.0 Å². The van der Waals surface area contributed by atoms with Crippen molar-refractivity contribution in [1.82, 2.24) is 4.98 Å². The van der Waals surface area contributed by atoms with E-state index < -0.39 is 0 Å². The lowest BCUT2D eigenvalue weighted by atomic mass is 9.71. The minimum Gasteiger partial charge on any atom is -0.496 e. The van der Waals surface area contributed by atoms with Crippen molar-refractivity contribution in [1.29, 1.82) is 0 Å². The van der Waals surface area contributed by atoms with Crippen molar-refractivity contribution in [2.24, 2.45) is 0 Å². The second-order valence-corrected chi connectivity index (χ2v) is 7.80. The molecule has 0 saturated heterocycles. The molecular formula is C20H18BrNO2. The number of H-pyrrole nitrogens is 1. The molecule has 0 radical (unpaired) electrons. The third-order valence-corrected chi connectivity index (χ3v) is 5.56. The van der Waals surface area contributed by atoms with Crippen LogP contribution in [0.5, 0.6) is 5.75 Å². The van der Waals surface area contributed by atoms with E-state index in [-0.39, 0.29) is 11.2 Å². The summed E-state index contributed by atoms with van der Waals surface area (Å²) in [6, 6.07) is 9.97. The van der Waals surface area contributed by atoms with Gasteiger partial charge in [-0.1, -0.05) is 35.8 Å². The maximum Gasteiger partial charge on any atom is 0.195 e. The fourth-order valence-corrected chi connectivity index (χ4v) is 4.12. The topological polar surface area (TPSA) is 42.1 Å². The van der Waals surface area contributed by atoms with E-state index in [0.29, 0.717) is 0 Å². The molecule has 3 aromatic rings. The number of carbonyl (C=O) groups is 1. The number of hydrogen-bond donors (Lipinski definition) is 1. The van der Waals surface area contributed by atoms with Gasteiger partial charge in [0.15, 0.2) is 5.78 Å². The molecule has 1 N–H and O–H groups in total. The number of hydrogen-bond acceptors (Lipinski definition) is 2. The number of aromatic nitrogens is 1. The van der Waals surface area contributed by atoms with Crippen molar-refractivity contribution in [2.75, 3.05) is 7.11 Å². The van der Waals surface area contributed by atoms with Gasteiger partial charge < -0.3 is 9.72 Å². The first-order valence-electron chi connectivity index (χ1n) is 7.90. The number of fused-ring (bicyclic) bond motifs is 4. The Morgan fingerprint density at radius 1 is 1.17 bits per heavy atom. The van der Waals surface area contributed by atoms with E-state index in [1.165, 1.54) is 0 Å². The van der Waals surface area contributed by atoms with E-state index >= 15 is 0 Å². The predicted molar refractivity (Wildman–Crippen MR) is 99.3 cm³/mol. The van der Waals surface area contributed by atoms with E-state index in [1.807, 2.05) is 37.3 Å². The molecule has 0 aliphatic heterocycles. The van der Waals surface area contributed by atoms with Crippen LogP contribution in [-0.2, 0) is 5.41 Å². The minimum absolute atomic E-state index is 0.0821. The van der Waals surface area contributed by atoms with Crippen LogP contribution in [0.1, 0.15) is 46.6 Å². The first-order valence-corrected chi connectivity index (χ1v) is 8.69. The molecule has 0 unspecified atom stereocenters. The monoisotopic (exact) mass is 383 g/mol. The molecule has 4 heteroatoms. The Balaban J connectivity index is 2.08. The molecule has 2 aromatic carbocycles. The number of halogens is 1. The van der Waals surface area contributed by atoms with E-state index in [4.69, 9.17) is 4.74 Å². The van der Waals surface area contributed by atoms with Crippen LogP contribution in [0, 0.1) is 6.92 Å². The molecular weight excluding hydrogens is 366 g/mol. The van der Waals surface area contributed by atoms with Gasteiger partial charge in [-0.2, -0.15) is 0 Å². The van der Waals surface area contributed by atoms with E-state index in [9.17, 15) is 4.79 Å². The Hall–Kier alpha value is -2.07. The van der Waals surface area contributed by atoms with Crippen molar-refractivity contribution in [2.45, 2.75) is 26.2 Å². The Kier molecular flexibility index (Phi) is 3.20. The molecule has 1 aliphatic carbocycles. The maximum atomic E-state index is 13.2. The van der Waals surface area contributed by atoms with Gasteiger partial charge in [-0.25, -0.2) is 0 Å². The van der Waals surface area contributed by atoms with Crippen molar-refractivity contribution >= 4 is 32.6 Å². The van der Waals surface area contributed by atoms with Gasteiger partial charge in [0.2, 0.25) is 0 Å². The van der Waals surface area contributed by atoms with E-state index in [0.717, 1.165) is 49.1 Å². The molecule has 4 rings (SSSR count). The highest BCUT2D eigenvalue weighted by atomic mass is 79.9. The normalized spacial score (nSPS) is 15.3. The lowest BCUT2D eigenvalue weighted by molar-refractivity contribution is 0.103. The molecule has 0 spiro atoms. The zero-order valence-corrected chi connectivity index (χ0v) is 15.7. The van der Waals surface area contributed by atoms with Crippen LogP contribution in [0.4, 0.5) is 0 Å². The smallest absolute Gasteiger partial charge is 0.195 e. The van der Waals surface area contributed by atoms with E-state index in [2.05, 4.69) is 34.8 Å². The Morgan fingerprint density at radius 2 is 1.92 bits per heavy atom. The number of ether oxygens (including phenoxy) is 1. The summed E-state index contributed by atoms with van der Waals surface area (Å²) in [5.41, 5.74) is 5.20. The third-order valence-electron chi connectivity index (χ3n) is 5.07. The number of methoxy groups -OCH3 is 1. The minimum atomic E-state index is -0.301. The summed E-state index contributed by atoms with van der Waals surface area (Å²) >= 11 is 3.50. The second kappa shape index (κ2) is 4.96. The van der Waals surface area contributed by atoms with Crippen LogP contribution in [0.15, 0.2) is 34.8 Å². The van der Waals surface area contributed by atoms with Crippen LogP contribution in [0.2, 0.25) is 0 Å². The number of aromatic amines is 1. The molecule has 1 aromatic heterocycles. The summed E-state index contributed by atoms with van der Waals surface area (Å²) in [6.45, 7) is 6.27. The van der Waals surface area contributed by atoms with Crippen LogP contribution >= 0.6 is 15.9 Å². The Labute approximate surface area is 149 Å². The summed E-state index contributed by atoms with van der Waals surface area (Å²) in [4.78, 5) is 16.7. The summed E-state index contributed by atoms with van der Waals surface area (Å²) in [5.74, 6) is 0.899. The van der Waals surface area contributed by atoms with Crippen molar-refractivity contribution < 1.29 is 9.53 Å². The summed E-state index contributed by atoms with van der Waals surface area (Å²) in [6.07, 6.45) is 0. The molecule has 1 heterocycles. The van der Waals surface area contributed by atoms with E-state index in [1.54, 1.807) is 7.11 Å². The number of aryl methyl sites for hydroxylation is 1. The molecule has 0 bridgehead atoms. The molecule has 0 saturated carbocycles. The van der Waals surface area contributed by atoms with Gasteiger partial charge in [0.25, 0.3) is 0 Å². The van der Waals surface area contributed by atoms with Gasteiger partial charge in [-0.15, -0.1) is 0 Å². The fourth-order valence-electron chi connectivity index (χ4n) is 3.76. The Morgan fingerprint density at radius 3 is 2.62 bits per heavy atom. The molecule has 1 aliphatic rings. The van der Waals surface area contributed by atoms with Crippen LogP contribution in [-0.4, -0.2) is 17.9 Å². The van der Waals surface area contributed by atoms with Crippen molar-refractivity contribution in [3.63, 3.8) is 0 Å². The summed E-state index contributed by atoms with van der Waals surface area (Å²) in [5, 5.41) is 0.977. The zero-order chi connectivity index (χ0) is 17.2. The van der Waals surface area contributed by atoms with Gasteiger partial charge in [-0.3, -0.25) is 4.79 Å². The van der Waals surface area contributed by atoms with Gasteiger partial charge in [0.05, 0.1) is 12.7 Å².